The van der Waals surface area contributed by atoms with E-state index >= 15 is 0 Å². The highest BCUT2D eigenvalue weighted by molar-refractivity contribution is 6.31. The number of nitrogens with one attached hydrogen (secondary N) is 1. The van der Waals surface area contributed by atoms with Gasteiger partial charge >= 0.3 is 0 Å². The number of ketones is 2. The molecule has 0 spiro atoms. The number of rotatable bonds is 6. The molecule has 3 aliphatic rings. The molecule has 6 unspecified atom stereocenters. The van der Waals surface area contributed by atoms with Gasteiger partial charge < -0.3 is 45.5 Å². The van der Waals surface area contributed by atoms with Crippen molar-refractivity contribution in [3.63, 3.8) is 0 Å². The van der Waals surface area contributed by atoms with Crippen molar-refractivity contribution in [3.05, 3.63) is 51.6 Å². The summed E-state index contributed by atoms with van der Waals surface area (Å²) in [5.41, 5.74) is 5.10. The number of amides is 1. The molecular formula is C29H33N3O11. The second kappa shape index (κ2) is 11.3. The molecule has 6 atom stereocenters. The molecule has 43 heavy (non-hydrogen) atoms. The van der Waals surface area contributed by atoms with E-state index in [1.807, 2.05) is 0 Å². The van der Waals surface area contributed by atoms with Crippen molar-refractivity contribution in [3.8, 4) is 17.2 Å². The predicted octanol–water partition coefficient (Wildman–Crippen LogP) is -0.0757. The summed E-state index contributed by atoms with van der Waals surface area (Å²) in [6.45, 7) is 2.15. The number of phenolic OH excluding ortho intramolecular Hbond substituents is 2. The fraction of sp³-hybridized carbons (Fsp3) is 0.448. The van der Waals surface area contributed by atoms with Gasteiger partial charge in [0.05, 0.1) is 47.8 Å². The van der Waals surface area contributed by atoms with Crippen LogP contribution in [-0.2, 0) is 20.7 Å². The number of hydrazone groups is 1. The Morgan fingerprint density at radius 2 is 1.88 bits per heavy atom. The van der Waals surface area contributed by atoms with Crippen molar-refractivity contribution in [1.82, 2.24) is 5.43 Å². The van der Waals surface area contributed by atoms with Gasteiger partial charge in [-0.3, -0.25) is 14.4 Å². The summed E-state index contributed by atoms with van der Waals surface area (Å²) >= 11 is 0. The normalized spacial score (nSPS) is 28.5. The molecule has 1 amide bonds. The van der Waals surface area contributed by atoms with Crippen LogP contribution in [0.4, 0.5) is 0 Å². The van der Waals surface area contributed by atoms with Crippen molar-refractivity contribution in [2.75, 3.05) is 13.7 Å². The largest absolute Gasteiger partial charge is 0.507 e. The number of hydrogen-bond donors (Lipinski definition) is 7. The van der Waals surface area contributed by atoms with Gasteiger partial charge in [-0.05, 0) is 19.9 Å². The Morgan fingerprint density at radius 1 is 1.19 bits per heavy atom. The van der Waals surface area contributed by atoms with Gasteiger partial charge in [-0.15, -0.1) is 0 Å². The summed E-state index contributed by atoms with van der Waals surface area (Å²) in [6.07, 6.45) is -4.64. The van der Waals surface area contributed by atoms with E-state index in [0.717, 1.165) is 0 Å². The Morgan fingerprint density at radius 3 is 2.53 bits per heavy atom. The number of carbonyl (C=O) groups excluding carboxylic acids is 3. The van der Waals surface area contributed by atoms with E-state index in [0.29, 0.717) is 0 Å². The molecule has 1 heterocycles. The number of nitrogens with zero attached hydrogens (tertiary/aromatic N) is 1. The zero-order valence-electron chi connectivity index (χ0n) is 23.7. The first-order valence-corrected chi connectivity index (χ1v) is 13.6. The van der Waals surface area contributed by atoms with Crippen LogP contribution in [0, 0.1) is 0 Å². The first-order valence-electron chi connectivity index (χ1n) is 13.6. The maximum Gasteiger partial charge on any atom is 0.265 e. The number of nitrogens with two attached hydrogens (primary N) is 1. The van der Waals surface area contributed by atoms with E-state index in [4.69, 9.17) is 25.1 Å². The molecule has 0 saturated carbocycles. The second-order valence-electron chi connectivity index (χ2n) is 11.0. The minimum atomic E-state index is -1.91. The SMILES string of the molecule is COc1cccc2c1C(=O)c1c(O)c3c(c(O)c1C2=O)CC(O)(/C(C)=N\NC(=O)CO)CC3OC1CC(N)C(O)C(C)O1. The molecule has 0 bridgehead atoms. The molecule has 8 N–H and O–H groups in total. The number of benzene rings is 2. The Balaban J connectivity index is 1.67. The second-order valence-corrected chi connectivity index (χ2v) is 11.0. The summed E-state index contributed by atoms with van der Waals surface area (Å²) in [5.74, 6) is -3.49. The van der Waals surface area contributed by atoms with E-state index < -0.39 is 89.4 Å². The number of aliphatic hydroxyl groups is 3. The van der Waals surface area contributed by atoms with Crippen LogP contribution in [0.5, 0.6) is 17.2 Å². The molecule has 230 valence electrons. The summed E-state index contributed by atoms with van der Waals surface area (Å²) in [6, 6.07) is 3.69. The van der Waals surface area contributed by atoms with Crippen LogP contribution in [0.15, 0.2) is 23.3 Å². The lowest BCUT2D eigenvalue weighted by atomic mass is 9.72. The number of fused-ring (bicyclic) bond motifs is 3. The molecule has 14 nitrogen and oxygen atoms in total. The first-order chi connectivity index (χ1) is 20.3. The number of aliphatic hydroxyl groups excluding tert-OH is 2. The van der Waals surface area contributed by atoms with Gasteiger partial charge in [-0.25, -0.2) is 5.43 Å². The van der Waals surface area contributed by atoms with Crippen molar-refractivity contribution in [1.29, 1.82) is 0 Å². The van der Waals surface area contributed by atoms with Crippen LogP contribution in [-0.4, -0.2) is 92.6 Å². The third-order valence-electron chi connectivity index (χ3n) is 8.31. The average Bonchev–Trinajstić information content (AvgIpc) is 2.98. The van der Waals surface area contributed by atoms with Crippen LogP contribution in [0.3, 0.4) is 0 Å². The van der Waals surface area contributed by atoms with Crippen LogP contribution in [0.25, 0.3) is 0 Å². The molecule has 14 heteroatoms. The number of ether oxygens (including phenoxy) is 3. The van der Waals surface area contributed by atoms with E-state index in [9.17, 15) is 34.8 Å². The summed E-state index contributed by atoms with van der Waals surface area (Å²) in [7, 11) is 1.33. The molecule has 1 saturated heterocycles. The van der Waals surface area contributed by atoms with Crippen molar-refractivity contribution in [2.24, 2.45) is 10.8 Å². The molecule has 0 radical (unpaired) electrons. The summed E-state index contributed by atoms with van der Waals surface area (Å²) in [4.78, 5) is 39.1. The monoisotopic (exact) mass is 599 g/mol. The molecule has 2 aromatic rings. The maximum atomic E-state index is 13.8. The van der Waals surface area contributed by atoms with Crippen molar-refractivity contribution >= 4 is 23.2 Å². The fourth-order valence-electron chi connectivity index (χ4n) is 5.95. The van der Waals surface area contributed by atoms with Gasteiger partial charge in [0, 0.05) is 42.0 Å². The topological polar surface area (TPSA) is 230 Å². The first kappa shape index (κ1) is 30.5. The van der Waals surface area contributed by atoms with Crippen LogP contribution in [0.1, 0.15) is 75.8 Å². The van der Waals surface area contributed by atoms with Crippen molar-refractivity contribution < 1.29 is 54.1 Å². The minimum absolute atomic E-state index is 0.0345. The number of carbonyl (C=O) groups is 3. The summed E-state index contributed by atoms with van der Waals surface area (Å²) in [5, 5.41) is 58.1. The lowest BCUT2D eigenvalue weighted by Crippen LogP contribution is -2.52. The van der Waals surface area contributed by atoms with Crippen LogP contribution < -0.4 is 15.9 Å². The zero-order chi connectivity index (χ0) is 31.4. The third-order valence-corrected chi connectivity index (χ3v) is 8.31. The number of methoxy groups -OCH3 is 1. The Kier molecular flexibility index (Phi) is 8.02. The molecule has 1 aliphatic heterocycles. The van der Waals surface area contributed by atoms with Gasteiger partial charge in [0.1, 0.15) is 29.5 Å². The van der Waals surface area contributed by atoms with Gasteiger partial charge in [-0.1, -0.05) is 12.1 Å². The zero-order valence-corrected chi connectivity index (χ0v) is 23.7. The lowest BCUT2D eigenvalue weighted by Gasteiger charge is -2.42. The fourth-order valence-corrected chi connectivity index (χ4v) is 5.95. The number of aromatic hydroxyl groups is 2. The highest BCUT2D eigenvalue weighted by atomic mass is 16.7. The van der Waals surface area contributed by atoms with Gasteiger partial charge in [0.15, 0.2) is 12.1 Å². The lowest BCUT2D eigenvalue weighted by molar-refractivity contribution is -0.245. The molecule has 0 aromatic heterocycles. The predicted molar refractivity (Wildman–Crippen MR) is 148 cm³/mol. The van der Waals surface area contributed by atoms with E-state index in [1.165, 1.54) is 32.2 Å². The number of phenols is 2. The minimum Gasteiger partial charge on any atom is -0.507 e. The van der Waals surface area contributed by atoms with Crippen molar-refractivity contribution in [2.45, 2.75) is 69.4 Å². The number of hydrogen-bond acceptors (Lipinski definition) is 13. The summed E-state index contributed by atoms with van der Waals surface area (Å²) < 4.78 is 17.3. The van der Waals surface area contributed by atoms with Gasteiger partial charge in [0.25, 0.3) is 5.91 Å². The van der Waals surface area contributed by atoms with E-state index in [-0.39, 0.29) is 46.6 Å². The average molecular weight is 600 g/mol. The Bertz CT molecular complexity index is 1530. The van der Waals surface area contributed by atoms with Crippen LogP contribution in [0.2, 0.25) is 0 Å². The maximum absolute atomic E-state index is 13.8. The Hall–Kier alpha value is -3.92. The molecule has 2 aliphatic carbocycles. The van der Waals surface area contributed by atoms with Gasteiger partial charge in [-0.2, -0.15) is 5.10 Å². The highest BCUT2D eigenvalue weighted by Crippen LogP contribution is 2.52. The third kappa shape index (κ3) is 5.05. The van der Waals surface area contributed by atoms with Crippen LogP contribution >= 0.6 is 0 Å². The van der Waals surface area contributed by atoms with E-state index in [1.54, 1.807) is 6.92 Å². The Labute approximate surface area is 245 Å². The highest BCUT2D eigenvalue weighted by Gasteiger charge is 2.49. The molecule has 5 rings (SSSR count). The molecule has 2 aromatic carbocycles. The molecule has 1 fully saturated rings. The smallest absolute Gasteiger partial charge is 0.265 e. The molecular weight excluding hydrogens is 566 g/mol. The van der Waals surface area contributed by atoms with Gasteiger partial charge in [0.2, 0.25) is 5.78 Å². The quantitative estimate of drug-likeness (QED) is 0.112. The van der Waals surface area contributed by atoms with E-state index in [2.05, 4.69) is 10.5 Å². The standard InChI is InChI=1S/C29H33N3O11/c1-11-24(35)15(30)7-19(42-11)43-17-9-29(40,12(2)31-32-18(34)10-33)8-14-21(17)28(39)23-22(26(14)37)25(36)13-5-4-6-16(41-3)20(13)27(23)38/h4-6,11,15,17,19,24,33,35,37,39-40H,7-10,30H2,1-3H3,(H,32,34)/b31-12-.